The molecule has 0 aromatic rings. The molecule has 6 aliphatic rings. The minimum atomic E-state index is -0.629. The Bertz CT molecular complexity index is 636. The molecule has 6 atom stereocenters. The van der Waals surface area contributed by atoms with Crippen LogP contribution >= 0.6 is 0 Å². The lowest BCUT2D eigenvalue weighted by Crippen LogP contribution is -2.65. The number of nitrogens with two attached hydrogens (primary N) is 1. The molecule has 0 aromatic carbocycles. The Hall–Kier alpha value is -1.14. The van der Waals surface area contributed by atoms with E-state index in [1.165, 1.54) is 6.42 Å². The molecule has 6 heteroatoms. The number of hydrogen-bond donors (Lipinski definition) is 2. The maximum Gasteiger partial charge on any atom is 0.328 e. The molecule has 4 bridgehead atoms. The van der Waals surface area contributed by atoms with Gasteiger partial charge in [0.2, 0.25) is 5.91 Å². The molecule has 0 radical (unpaired) electrons. The predicted molar refractivity (Wildman–Crippen MR) is 93.8 cm³/mol. The number of hydrogen-bond acceptors (Lipinski definition) is 5. The van der Waals surface area contributed by atoms with E-state index in [-0.39, 0.29) is 23.3 Å². The number of carbonyl (C=O) groups is 2. The summed E-state index contributed by atoms with van der Waals surface area (Å²) in [5.41, 5.74) is 5.70. The molecular formula is C20H30N2O4. The van der Waals surface area contributed by atoms with Gasteiger partial charge in [-0.3, -0.25) is 4.79 Å². The molecule has 6 rings (SSSR count). The summed E-state index contributed by atoms with van der Waals surface area (Å²) in [4.78, 5) is 27.5. The van der Waals surface area contributed by atoms with Gasteiger partial charge in [0.05, 0.1) is 18.2 Å². The van der Waals surface area contributed by atoms with Gasteiger partial charge in [0.1, 0.15) is 6.04 Å². The molecule has 3 N–H and O–H groups in total. The van der Waals surface area contributed by atoms with Crippen LogP contribution in [-0.2, 0) is 14.3 Å². The van der Waals surface area contributed by atoms with Gasteiger partial charge in [0, 0.05) is 6.04 Å². The maximum absolute atomic E-state index is 13.4. The van der Waals surface area contributed by atoms with Crippen molar-refractivity contribution in [2.75, 3.05) is 6.61 Å². The molecule has 1 aliphatic heterocycles. The van der Waals surface area contributed by atoms with E-state index in [0.717, 1.165) is 32.1 Å². The molecule has 144 valence electrons. The average Bonchev–Trinajstić information content (AvgIpc) is 3.21. The van der Waals surface area contributed by atoms with Gasteiger partial charge in [-0.15, -0.1) is 0 Å². The number of amides is 1. The second-order valence-electron chi connectivity index (χ2n) is 9.84. The van der Waals surface area contributed by atoms with Crippen LogP contribution in [0.15, 0.2) is 0 Å². The van der Waals surface area contributed by atoms with Crippen molar-refractivity contribution < 1.29 is 19.4 Å². The van der Waals surface area contributed by atoms with E-state index in [9.17, 15) is 14.7 Å². The van der Waals surface area contributed by atoms with Crippen LogP contribution in [0.5, 0.6) is 0 Å². The SMILES string of the molecule is CCOC(=O)[C@@H]1C[C@@H]2C[C@@H]2N1C(=O)[C@@H](N)C12CC3CC(CC(O)(C3)C1)C2. The largest absolute Gasteiger partial charge is 0.464 e. The van der Waals surface area contributed by atoms with Crippen LogP contribution in [-0.4, -0.2) is 52.2 Å². The molecule has 1 saturated heterocycles. The van der Waals surface area contributed by atoms with Gasteiger partial charge in [-0.05, 0) is 81.5 Å². The quantitative estimate of drug-likeness (QED) is 0.733. The Kier molecular flexibility index (Phi) is 3.56. The summed E-state index contributed by atoms with van der Waals surface area (Å²) in [6.07, 6.45) is 7.14. The van der Waals surface area contributed by atoms with Crippen molar-refractivity contribution in [3.8, 4) is 0 Å². The summed E-state index contributed by atoms with van der Waals surface area (Å²) in [7, 11) is 0. The van der Waals surface area contributed by atoms with Gasteiger partial charge in [-0.25, -0.2) is 4.79 Å². The van der Waals surface area contributed by atoms with E-state index in [2.05, 4.69) is 0 Å². The minimum absolute atomic E-state index is 0.0846. The van der Waals surface area contributed by atoms with Crippen LogP contribution in [0.4, 0.5) is 0 Å². The zero-order chi connectivity index (χ0) is 18.3. The molecule has 5 aliphatic carbocycles. The van der Waals surface area contributed by atoms with Gasteiger partial charge in [-0.2, -0.15) is 0 Å². The van der Waals surface area contributed by atoms with Gasteiger partial charge < -0.3 is 20.5 Å². The molecule has 0 spiro atoms. The zero-order valence-electron chi connectivity index (χ0n) is 15.5. The average molecular weight is 362 g/mol. The van der Waals surface area contributed by atoms with Crippen LogP contribution in [0.25, 0.3) is 0 Å². The lowest BCUT2D eigenvalue weighted by molar-refractivity contribution is -0.179. The number of aliphatic hydroxyl groups is 1. The van der Waals surface area contributed by atoms with Gasteiger partial charge in [-0.1, -0.05) is 0 Å². The summed E-state index contributed by atoms with van der Waals surface area (Å²) >= 11 is 0. The van der Waals surface area contributed by atoms with E-state index < -0.39 is 17.7 Å². The van der Waals surface area contributed by atoms with E-state index >= 15 is 0 Å². The Morgan fingerprint density at radius 2 is 1.88 bits per heavy atom. The summed E-state index contributed by atoms with van der Waals surface area (Å²) < 4.78 is 5.21. The van der Waals surface area contributed by atoms with Crippen molar-refractivity contribution in [1.29, 1.82) is 0 Å². The highest BCUT2D eigenvalue weighted by molar-refractivity contribution is 5.89. The highest BCUT2D eigenvalue weighted by Crippen LogP contribution is 2.63. The number of likely N-dealkylation sites (tertiary alicyclic amines) is 1. The summed E-state index contributed by atoms with van der Waals surface area (Å²) in [5.74, 6) is 1.05. The van der Waals surface area contributed by atoms with Crippen molar-refractivity contribution in [1.82, 2.24) is 4.90 Å². The summed E-state index contributed by atoms with van der Waals surface area (Å²) in [6.45, 7) is 2.13. The molecule has 6 fully saturated rings. The topological polar surface area (TPSA) is 92.9 Å². The number of carbonyl (C=O) groups excluding carboxylic acids is 2. The van der Waals surface area contributed by atoms with E-state index in [4.69, 9.17) is 10.5 Å². The number of nitrogens with zero attached hydrogens (tertiary/aromatic N) is 1. The molecule has 5 saturated carbocycles. The Morgan fingerprint density at radius 1 is 1.19 bits per heavy atom. The fourth-order valence-corrected chi connectivity index (χ4v) is 7.29. The van der Waals surface area contributed by atoms with Crippen molar-refractivity contribution in [2.24, 2.45) is 28.9 Å². The van der Waals surface area contributed by atoms with Crippen LogP contribution < -0.4 is 5.73 Å². The highest BCUT2D eigenvalue weighted by Gasteiger charge is 2.63. The first kappa shape index (κ1) is 17.0. The normalized spacial score (nSPS) is 49.0. The number of fused-ring (bicyclic) bond motifs is 1. The van der Waals surface area contributed by atoms with Crippen LogP contribution in [0.2, 0.25) is 0 Å². The zero-order valence-corrected chi connectivity index (χ0v) is 15.5. The van der Waals surface area contributed by atoms with Crippen molar-refractivity contribution in [2.45, 2.75) is 82.0 Å². The molecule has 6 nitrogen and oxygen atoms in total. The molecule has 0 aromatic heterocycles. The molecule has 26 heavy (non-hydrogen) atoms. The molecule has 1 heterocycles. The first-order valence-electron chi connectivity index (χ1n) is 10.3. The van der Waals surface area contributed by atoms with Gasteiger partial charge in [0.25, 0.3) is 0 Å². The van der Waals surface area contributed by atoms with E-state index in [1.54, 1.807) is 11.8 Å². The van der Waals surface area contributed by atoms with E-state index in [1.807, 2.05) is 0 Å². The van der Waals surface area contributed by atoms with Crippen molar-refractivity contribution >= 4 is 11.9 Å². The second kappa shape index (κ2) is 5.44. The summed E-state index contributed by atoms with van der Waals surface area (Å²) in [6, 6.07) is -0.912. The number of esters is 1. The smallest absolute Gasteiger partial charge is 0.328 e. The fourth-order valence-electron chi connectivity index (χ4n) is 7.29. The highest BCUT2D eigenvalue weighted by atomic mass is 16.5. The number of ether oxygens (including phenoxy) is 1. The lowest BCUT2D eigenvalue weighted by atomic mass is 9.46. The predicted octanol–water partition coefficient (Wildman–Crippen LogP) is 1.20. The standard InChI is InChI=1S/C20H30N2O4/c1-2-26-18(24)15-5-13-4-14(13)22(15)17(23)16(21)19-6-11-3-12(7-19)9-20(25,8-11)10-19/h11-16,25H,2-10,21H2,1H3/t11?,12?,13-,14-,15-,16+,19?,20?/m0/s1. The van der Waals surface area contributed by atoms with Crippen molar-refractivity contribution in [3.05, 3.63) is 0 Å². The van der Waals surface area contributed by atoms with Crippen LogP contribution in [0.1, 0.15) is 58.3 Å². The third-order valence-corrected chi connectivity index (χ3v) is 7.92. The van der Waals surface area contributed by atoms with Crippen molar-refractivity contribution in [3.63, 3.8) is 0 Å². The molecular weight excluding hydrogens is 332 g/mol. The summed E-state index contributed by atoms with van der Waals surface area (Å²) in [5, 5.41) is 11.0. The first-order chi connectivity index (χ1) is 12.3. The second-order valence-corrected chi connectivity index (χ2v) is 9.84. The third-order valence-electron chi connectivity index (χ3n) is 7.92. The lowest BCUT2D eigenvalue weighted by Gasteiger charge is -2.61. The first-order valence-corrected chi connectivity index (χ1v) is 10.3. The van der Waals surface area contributed by atoms with E-state index in [0.29, 0.717) is 37.2 Å². The van der Waals surface area contributed by atoms with Crippen LogP contribution in [0.3, 0.4) is 0 Å². The number of piperidine rings is 1. The Morgan fingerprint density at radius 3 is 2.50 bits per heavy atom. The minimum Gasteiger partial charge on any atom is -0.464 e. The number of rotatable bonds is 4. The third kappa shape index (κ3) is 2.37. The fraction of sp³-hybridized carbons (Fsp3) is 0.900. The van der Waals surface area contributed by atoms with Gasteiger partial charge >= 0.3 is 5.97 Å². The molecule has 2 unspecified atom stereocenters. The Balaban J connectivity index is 1.39. The van der Waals surface area contributed by atoms with Crippen LogP contribution in [0, 0.1) is 23.2 Å². The van der Waals surface area contributed by atoms with Gasteiger partial charge in [0.15, 0.2) is 0 Å². The molecule has 1 amide bonds. The maximum atomic E-state index is 13.4. The Labute approximate surface area is 154 Å². The monoisotopic (exact) mass is 362 g/mol.